The van der Waals surface area contributed by atoms with Crippen LogP contribution < -0.4 is 15.4 Å². The maximum Gasteiger partial charge on any atom is 0.233 e. The van der Waals surface area contributed by atoms with Gasteiger partial charge in [-0.15, -0.1) is 11.3 Å². The van der Waals surface area contributed by atoms with E-state index in [1.165, 1.54) is 11.8 Å². The summed E-state index contributed by atoms with van der Waals surface area (Å²) in [5.74, 6) is 1.61. The normalized spacial score (nSPS) is 11.1. The molecule has 0 saturated carbocycles. The van der Waals surface area contributed by atoms with Gasteiger partial charge in [-0.05, 0) is 98.3 Å². The number of benzene rings is 3. The predicted molar refractivity (Wildman–Crippen MR) is 154 cm³/mol. The lowest BCUT2D eigenvalue weighted by atomic mass is 10.2. The van der Waals surface area contributed by atoms with Crippen molar-refractivity contribution in [3.05, 3.63) is 75.8 Å². The van der Waals surface area contributed by atoms with Crippen LogP contribution in [0.25, 0.3) is 10.2 Å². The fraction of sp³-hybridized carbons (Fsp3) is 0.154. The van der Waals surface area contributed by atoms with E-state index in [-0.39, 0.29) is 0 Å². The highest BCUT2D eigenvalue weighted by Gasteiger charge is 2.13. The molecule has 2 N–H and O–H groups in total. The van der Waals surface area contributed by atoms with Crippen molar-refractivity contribution in [2.24, 2.45) is 0 Å². The summed E-state index contributed by atoms with van der Waals surface area (Å²) in [6.45, 7) is 6.47. The number of aromatic nitrogens is 4. The molecular weight excluding hydrogens is 547 g/mol. The summed E-state index contributed by atoms with van der Waals surface area (Å²) in [6, 6.07) is 17.2. The van der Waals surface area contributed by atoms with Gasteiger partial charge in [-0.3, -0.25) is 0 Å². The molecule has 0 fully saturated rings. The smallest absolute Gasteiger partial charge is 0.233 e. The molecule has 0 amide bonds. The fourth-order valence-corrected chi connectivity index (χ4v) is 5.66. The van der Waals surface area contributed by atoms with Crippen LogP contribution >= 0.6 is 46.3 Å². The topological polar surface area (TPSA) is 84.9 Å². The number of hydrogen-bond acceptors (Lipinski definition) is 9. The third-order valence-corrected chi connectivity index (χ3v) is 8.06. The first-order chi connectivity index (χ1) is 17.9. The van der Waals surface area contributed by atoms with Gasteiger partial charge in [0.05, 0.1) is 16.8 Å². The summed E-state index contributed by atoms with van der Waals surface area (Å²) in [4.78, 5) is 18.6. The lowest BCUT2D eigenvalue weighted by molar-refractivity contribution is 0.341. The minimum Gasteiger partial charge on any atom is -0.494 e. The second kappa shape index (κ2) is 11.1. The van der Waals surface area contributed by atoms with Gasteiger partial charge in [-0.1, -0.05) is 23.2 Å². The van der Waals surface area contributed by atoms with Gasteiger partial charge in [0, 0.05) is 21.4 Å². The molecule has 0 aliphatic heterocycles. The SMILES string of the molecule is CCOc1ccc2nc(Sc3nc(Nc4ccc(Cl)c(C)c4)nc(Nc4ccc(Cl)c(C)c4)n3)sc2c1. The van der Waals surface area contributed by atoms with E-state index in [0.29, 0.717) is 33.7 Å². The highest BCUT2D eigenvalue weighted by molar-refractivity contribution is 8.01. The molecule has 5 aromatic rings. The van der Waals surface area contributed by atoms with Crippen LogP contribution in [0.2, 0.25) is 10.0 Å². The van der Waals surface area contributed by atoms with Crippen LogP contribution in [0.15, 0.2) is 64.1 Å². The second-order valence-corrected chi connectivity index (χ2v) is 11.1. The molecule has 0 radical (unpaired) electrons. The van der Waals surface area contributed by atoms with Crippen LogP contribution in [-0.2, 0) is 0 Å². The quantitative estimate of drug-likeness (QED) is 0.193. The van der Waals surface area contributed by atoms with Crippen molar-refractivity contribution >= 4 is 79.8 Å². The number of halogens is 2. The van der Waals surface area contributed by atoms with E-state index < -0.39 is 0 Å². The van der Waals surface area contributed by atoms with Crippen molar-refractivity contribution in [3.8, 4) is 5.75 Å². The third-order valence-electron chi connectivity index (χ3n) is 5.27. The molecule has 0 aliphatic carbocycles. The summed E-state index contributed by atoms with van der Waals surface area (Å²) in [6.07, 6.45) is 0. The standard InChI is InChI=1S/C26H22Cl2N6OS2/c1-4-35-18-7-10-21-22(13-18)36-26(31-21)37-25-33-23(29-16-5-8-19(27)14(2)11-16)32-24(34-25)30-17-6-9-20(28)15(3)12-17/h5-13H,4H2,1-3H3,(H2,29,30,32,33,34). The molecule has 0 aliphatic rings. The van der Waals surface area contributed by atoms with Gasteiger partial charge in [0.15, 0.2) is 4.34 Å². The van der Waals surface area contributed by atoms with E-state index in [0.717, 1.165) is 42.8 Å². The van der Waals surface area contributed by atoms with Crippen molar-refractivity contribution in [2.45, 2.75) is 30.3 Å². The Balaban J connectivity index is 1.47. The van der Waals surface area contributed by atoms with Crippen LogP contribution in [0.3, 0.4) is 0 Å². The van der Waals surface area contributed by atoms with Gasteiger partial charge in [0.25, 0.3) is 0 Å². The first-order valence-corrected chi connectivity index (χ1v) is 13.8. The van der Waals surface area contributed by atoms with E-state index in [9.17, 15) is 0 Å². The van der Waals surface area contributed by atoms with Crippen LogP contribution in [0.5, 0.6) is 5.75 Å². The number of aryl methyl sites for hydroxylation is 2. The summed E-state index contributed by atoms with van der Waals surface area (Å²) in [7, 11) is 0. The molecule has 0 bridgehead atoms. The van der Waals surface area contributed by atoms with Crippen LogP contribution in [0.1, 0.15) is 18.1 Å². The molecule has 7 nitrogen and oxygen atoms in total. The van der Waals surface area contributed by atoms with Crippen LogP contribution in [0, 0.1) is 13.8 Å². The number of rotatable bonds is 8. The van der Waals surface area contributed by atoms with E-state index >= 15 is 0 Å². The molecule has 11 heteroatoms. The zero-order valence-corrected chi connectivity index (χ0v) is 23.3. The molecule has 0 saturated heterocycles. The Morgan fingerprint density at radius 2 is 1.43 bits per heavy atom. The molecular formula is C26H22Cl2N6OS2. The maximum atomic E-state index is 6.19. The van der Waals surface area contributed by atoms with Gasteiger partial charge in [0.2, 0.25) is 17.1 Å². The zero-order valence-electron chi connectivity index (χ0n) is 20.2. The first-order valence-electron chi connectivity index (χ1n) is 11.4. The number of fused-ring (bicyclic) bond motifs is 1. The summed E-state index contributed by atoms with van der Waals surface area (Å²) >= 11 is 15.3. The average Bonchev–Trinajstić information content (AvgIpc) is 3.25. The second-order valence-electron chi connectivity index (χ2n) is 8.09. The first kappa shape index (κ1) is 25.5. The fourth-order valence-electron chi connectivity index (χ4n) is 3.48. The monoisotopic (exact) mass is 568 g/mol. The predicted octanol–water partition coefficient (Wildman–Crippen LogP) is 8.44. The van der Waals surface area contributed by atoms with Crippen molar-refractivity contribution in [3.63, 3.8) is 0 Å². The Kier molecular flexibility index (Phi) is 7.66. The molecule has 188 valence electrons. The van der Waals surface area contributed by atoms with Crippen LogP contribution in [-0.4, -0.2) is 26.5 Å². The minimum atomic E-state index is 0.396. The zero-order chi connectivity index (χ0) is 25.9. The number of thiazole rings is 1. The molecule has 2 heterocycles. The lowest BCUT2D eigenvalue weighted by Gasteiger charge is -2.11. The van der Waals surface area contributed by atoms with Gasteiger partial charge in [-0.2, -0.15) is 15.0 Å². The summed E-state index contributed by atoms with van der Waals surface area (Å²) < 4.78 is 7.47. The Labute approximate surface area is 232 Å². The van der Waals surface area contributed by atoms with Gasteiger partial charge < -0.3 is 15.4 Å². The van der Waals surface area contributed by atoms with Crippen molar-refractivity contribution in [2.75, 3.05) is 17.2 Å². The summed E-state index contributed by atoms with van der Waals surface area (Å²) in [5.41, 5.74) is 4.44. The highest BCUT2D eigenvalue weighted by Crippen LogP contribution is 2.35. The average molecular weight is 570 g/mol. The molecule has 0 atom stereocenters. The number of hydrogen-bond donors (Lipinski definition) is 2. The van der Waals surface area contributed by atoms with Crippen molar-refractivity contribution < 1.29 is 4.74 Å². The van der Waals surface area contributed by atoms with E-state index in [4.69, 9.17) is 32.9 Å². The molecule has 2 aromatic heterocycles. The number of nitrogens with zero attached hydrogens (tertiary/aromatic N) is 4. The van der Waals surface area contributed by atoms with Crippen LogP contribution in [0.4, 0.5) is 23.3 Å². The molecule has 5 rings (SSSR count). The third kappa shape index (κ3) is 6.24. The minimum absolute atomic E-state index is 0.396. The molecule has 0 unspecified atom stereocenters. The molecule has 0 spiro atoms. The largest absolute Gasteiger partial charge is 0.494 e. The number of anilines is 4. The van der Waals surface area contributed by atoms with Gasteiger partial charge in [-0.25, -0.2) is 4.98 Å². The Morgan fingerprint density at radius 1 is 0.811 bits per heavy atom. The molecule has 3 aromatic carbocycles. The van der Waals surface area contributed by atoms with Crippen molar-refractivity contribution in [1.82, 2.24) is 19.9 Å². The van der Waals surface area contributed by atoms with E-state index in [2.05, 4.69) is 25.6 Å². The Morgan fingerprint density at radius 3 is 2.00 bits per heavy atom. The van der Waals surface area contributed by atoms with E-state index in [1.54, 1.807) is 11.3 Å². The lowest BCUT2D eigenvalue weighted by Crippen LogP contribution is -2.05. The van der Waals surface area contributed by atoms with Gasteiger partial charge >= 0.3 is 0 Å². The van der Waals surface area contributed by atoms with Gasteiger partial charge in [0.1, 0.15) is 5.75 Å². The maximum absolute atomic E-state index is 6.19. The Hall–Kier alpha value is -3.11. The molecule has 37 heavy (non-hydrogen) atoms. The number of ether oxygens (including phenoxy) is 1. The van der Waals surface area contributed by atoms with E-state index in [1.807, 2.05) is 75.4 Å². The van der Waals surface area contributed by atoms with Crippen molar-refractivity contribution in [1.29, 1.82) is 0 Å². The summed E-state index contributed by atoms with van der Waals surface area (Å²) in [5, 5.41) is 8.42. The Bertz CT molecular complexity index is 1520. The highest BCUT2D eigenvalue weighted by atomic mass is 35.5. The number of nitrogens with one attached hydrogen (secondary N) is 2.